The molecule has 0 saturated carbocycles. The van der Waals surface area contributed by atoms with Gasteiger partial charge in [0.15, 0.2) is 0 Å². The second-order valence-electron chi connectivity index (χ2n) is 3.74. The highest BCUT2D eigenvalue weighted by Gasteiger charge is 2.28. The number of carbonyl (C=O) groups is 2. The van der Waals surface area contributed by atoms with Crippen LogP contribution in [0.3, 0.4) is 0 Å². The van der Waals surface area contributed by atoms with Crippen LogP contribution in [0, 0.1) is 0 Å². The number of thioether (sulfide) groups is 1. The van der Waals surface area contributed by atoms with Gasteiger partial charge in [-0.15, -0.1) is 0 Å². The molecule has 0 aromatic rings. The van der Waals surface area contributed by atoms with Gasteiger partial charge in [0.25, 0.3) is 5.24 Å². The quantitative estimate of drug-likeness (QED) is 0.589. The number of carbonyl (C=O) groups excluding carboxylic acids is 2. The van der Waals surface area contributed by atoms with E-state index in [1.807, 2.05) is 0 Å². The number of rotatable bonds is 3. The summed E-state index contributed by atoms with van der Waals surface area (Å²) in [7, 11) is 0. The zero-order valence-electron chi connectivity index (χ0n) is 8.82. The fourth-order valence-electron chi connectivity index (χ4n) is 1.61. The molecule has 2 amide bonds. The summed E-state index contributed by atoms with van der Waals surface area (Å²) in [5.74, 6) is 0.376. The zero-order chi connectivity index (χ0) is 11.4. The molecular formula is C9H15N3O3S. The van der Waals surface area contributed by atoms with Crippen LogP contribution in [0.15, 0.2) is 0 Å². The first kappa shape index (κ1) is 11.7. The summed E-state index contributed by atoms with van der Waals surface area (Å²) in [6.45, 7) is 2.78. The molecule has 6 nitrogen and oxygen atoms in total. The Morgan fingerprint density at radius 2 is 2.50 bits per heavy atom. The zero-order valence-corrected chi connectivity index (χ0v) is 9.64. The molecule has 2 heterocycles. The van der Waals surface area contributed by atoms with Gasteiger partial charge in [-0.2, -0.15) is 0 Å². The van der Waals surface area contributed by atoms with E-state index >= 15 is 0 Å². The predicted molar refractivity (Wildman–Crippen MR) is 60.4 cm³/mol. The van der Waals surface area contributed by atoms with E-state index in [9.17, 15) is 9.59 Å². The van der Waals surface area contributed by atoms with Crippen molar-refractivity contribution in [2.75, 3.05) is 32.0 Å². The predicted octanol–water partition coefficient (Wildman–Crippen LogP) is -1.08. The third kappa shape index (κ3) is 3.10. The molecular weight excluding hydrogens is 230 g/mol. The third-order valence-electron chi connectivity index (χ3n) is 2.50. The Kier molecular flexibility index (Phi) is 4.03. The van der Waals surface area contributed by atoms with Crippen molar-refractivity contribution in [3.05, 3.63) is 0 Å². The van der Waals surface area contributed by atoms with E-state index in [4.69, 9.17) is 4.74 Å². The second kappa shape index (κ2) is 5.51. The Morgan fingerprint density at radius 3 is 3.12 bits per heavy atom. The van der Waals surface area contributed by atoms with Crippen LogP contribution in [-0.2, 0) is 9.53 Å². The van der Waals surface area contributed by atoms with Crippen LogP contribution in [0.2, 0.25) is 0 Å². The topological polar surface area (TPSA) is 79.5 Å². The molecule has 0 radical (unpaired) electrons. The lowest BCUT2D eigenvalue weighted by Crippen LogP contribution is -2.49. The van der Waals surface area contributed by atoms with Crippen molar-refractivity contribution in [2.45, 2.75) is 12.1 Å². The third-order valence-corrected chi connectivity index (χ3v) is 3.38. The van der Waals surface area contributed by atoms with E-state index in [1.54, 1.807) is 0 Å². The van der Waals surface area contributed by atoms with E-state index in [0.717, 1.165) is 24.9 Å². The van der Waals surface area contributed by atoms with Crippen LogP contribution >= 0.6 is 11.8 Å². The summed E-state index contributed by atoms with van der Waals surface area (Å²) in [4.78, 5) is 22.5. The van der Waals surface area contributed by atoms with E-state index in [2.05, 4.69) is 16.0 Å². The highest BCUT2D eigenvalue weighted by molar-refractivity contribution is 8.14. The molecule has 2 rings (SSSR count). The SMILES string of the molecule is O=C1NC(C(=O)NCC2CNCCO2)CS1. The van der Waals surface area contributed by atoms with E-state index < -0.39 is 6.04 Å². The minimum atomic E-state index is -0.394. The number of amides is 2. The van der Waals surface area contributed by atoms with Crippen LogP contribution in [0.25, 0.3) is 0 Å². The van der Waals surface area contributed by atoms with Crippen LogP contribution in [0.5, 0.6) is 0 Å². The fraction of sp³-hybridized carbons (Fsp3) is 0.778. The average molecular weight is 245 g/mol. The summed E-state index contributed by atoms with van der Waals surface area (Å²) in [6, 6.07) is -0.394. The monoisotopic (exact) mass is 245 g/mol. The molecule has 2 unspecified atom stereocenters. The van der Waals surface area contributed by atoms with E-state index in [1.165, 1.54) is 0 Å². The van der Waals surface area contributed by atoms with Gasteiger partial charge in [0.05, 0.1) is 12.7 Å². The van der Waals surface area contributed by atoms with Crippen molar-refractivity contribution in [2.24, 2.45) is 0 Å². The number of nitrogens with one attached hydrogen (secondary N) is 3. The van der Waals surface area contributed by atoms with E-state index in [0.29, 0.717) is 18.9 Å². The van der Waals surface area contributed by atoms with Gasteiger partial charge in [0, 0.05) is 25.4 Å². The molecule has 2 aliphatic heterocycles. The number of ether oxygens (including phenoxy) is 1. The molecule has 0 aliphatic carbocycles. The maximum atomic E-state index is 11.6. The molecule has 0 aromatic carbocycles. The van der Waals surface area contributed by atoms with Gasteiger partial charge in [0.2, 0.25) is 5.91 Å². The molecule has 0 aromatic heterocycles. The van der Waals surface area contributed by atoms with Crippen LogP contribution in [0.1, 0.15) is 0 Å². The molecule has 2 fully saturated rings. The van der Waals surface area contributed by atoms with Gasteiger partial charge >= 0.3 is 0 Å². The molecule has 16 heavy (non-hydrogen) atoms. The van der Waals surface area contributed by atoms with Crippen molar-refractivity contribution < 1.29 is 14.3 Å². The Hall–Kier alpha value is -0.790. The summed E-state index contributed by atoms with van der Waals surface area (Å²) in [6.07, 6.45) is 0.0301. The minimum Gasteiger partial charge on any atom is -0.374 e. The fourth-order valence-corrected chi connectivity index (χ4v) is 2.39. The molecule has 7 heteroatoms. The number of hydrogen-bond acceptors (Lipinski definition) is 5. The lowest BCUT2D eigenvalue weighted by Gasteiger charge is -2.24. The van der Waals surface area contributed by atoms with Gasteiger partial charge in [-0.05, 0) is 0 Å². The lowest BCUT2D eigenvalue weighted by atomic mass is 10.2. The summed E-state index contributed by atoms with van der Waals surface area (Å²) in [5, 5.41) is 8.44. The first-order valence-electron chi connectivity index (χ1n) is 5.29. The standard InChI is InChI=1S/C9H15N3O3S/c13-8(7-5-16-9(14)12-7)11-4-6-3-10-1-2-15-6/h6-7,10H,1-5H2,(H,11,13)(H,12,14). The van der Waals surface area contributed by atoms with Gasteiger partial charge in [-0.1, -0.05) is 11.8 Å². The van der Waals surface area contributed by atoms with Gasteiger partial charge < -0.3 is 20.7 Å². The Morgan fingerprint density at radius 1 is 1.62 bits per heavy atom. The largest absolute Gasteiger partial charge is 0.374 e. The summed E-state index contributed by atoms with van der Waals surface area (Å²) < 4.78 is 5.44. The highest BCUT2D eigenvalue weighted by atomic mass is 32.2. The van der Waals surface area contributed by atoms with Crippen LogP contribution in [-0.4, -0.2) is 55.3 Å². The van der Waals surface area contributed by atoms with E-state index in [-0.39, 0.29) is 17.3 Å². The Balaban J connectivity index is 1.68. The van der Waals surface area contributed by atoms with Crippen LogP contribution in [0.4, 0.5) is 4.79 Å². The molecule has 2 saturated heterocycles. The number of morpholine rings is 1. The van der Waals surface area contributed by atoms with Crippen molar-refractivity contribution in [3.8, 4) is 0 Å². The maximum absolute atomic E-state index is 11.6. The molecule has 2 aliphatic rings. The molecule has 0 spiro atoms. The summed E-state index contributed by atoms with van der Waals surface area (Å²) in [5.41, 5.74) is 0. The lowest BCUT2D eigenvalue weighted by molar-refractivity contribution is -0.123. The van der Waals surface area contributed by atoms with Crippen molar-refractivity contribution in [1.82, 2.24) is 16.0 Å². The van der Waals surface area contributed by atoms with Gasteiger partial charge in [0.1, 0.15) is 6.04 Å². The minimum absolute atomic E-state index is 0.0301. The van der Waals surface area contributed by atoms with Crippen molar-refractivity contribution >= 4 is 22.9 Å². The molecule has 0 bridgehead atoms. The Labute approximate surface area is 97.9 Å². The van der Waals surface area contributed by atoms with Gasteiger partial charge in [-0.25, -0.2) is 0 Å². The first-order chi connectivity index (χ1) is 7.75. The molecule has 2 atom stereocenters. The van der Waals surface area contributed by atoms with Gasteiger partial charge in [-0.3, -0.25) is 9.59 Å². The normalized spacial score (nSPS) is 29.9. The second-order valence-corrected chi connectivity index (χ2v) is 4.73. The van der Waals surface area contributed by atoms with Crippen molar-refractivity contribution in [1.29, 1.82) is 0 Å². The highest BCUT2D eigenvalue weighted by Crippen LogP contribution is 2.12. The summed E-state index contributed by atoms with van der Waals surface area (Å²) >= 11 is 1.14. The smallest absolute Gasteiger partial charge is 0.279 e. The van der Waals surface area contributed by atoms with Crippen molar-refractivity contribution in [3.63, 3.8) is 0 Å². The first-order valence-corrected chi connectivity index (χ1v) is 6.27. The average Bonchev–Trinajstić information content (AvgIpc) is 2.74. The molecule has 3 N–H and O–H groups in total. The molecule has 90 valence electrons. The maximum Gasteiger partial charge on any atom is 0.279 e. The van der Waals surface area contributed by atoms with Crippen LogP contribution < -0.4 is 16.0 Å². The Bertz CT molecular complexity index is 281. The number of hydrogen-bond donors (Lipinski definition) is 3.